The molecule has 0 radical (unpaired) electrons. The van der Waals surface area contributed by atoms with Crippen LogP contribution in [0.1, 0.15) is 34.5 Å². The fourth-order valence-electron chi connectivity index (χ4n) is 2.54. The number of thiophene rings is 1. The zero-order chi connectivity index (χ0) is 15.0. The summed E-state index contributed by atoms with van der Waals surface area (Å²) in [5, 5.41) is 9.64. The summed E-state index contributed by atoms with van der Waals surface area (Å²) in [4.78, 5) is 19.7. The largest absolute Gasteiger partial charge is 0.397 e. The maximum Gasteiger partial charge on any atom is 0.266 e. The van der Waals surface area contributed by atoms with Gasteiger partial charge in [0.25, 0.3) is 5.91 Å². The summed E-state index contributed by atoms with van der Waals surface area (Å²) in [6.45, 7) is 1.54. The Bertz CT molecular complexity index is 755. The number of nitrogen functional groups attached to an aromatic ring is 2. The average Bonchev–Trinajstić information content (AvgIpc) is 2.82. The van der Waals surface area contributed by atoms with Gasteiger partial charge in [-0.2, -0.15) is 5.26 Å². The number of aromatic nitrogens is 1. The van der Waals surface area contributed by atoms with E-state index in [-0.39, 0.29) is 17.3 Å². The molecule has 0 spiro atoms. The first-order valence-corrected chi connectivity index (χ1v) is 7.61. The predicted octanol–water partition coefficient (Wildman–Crippen LogP) is 1.96. The lowest BCUT2D eigenvalue weighted by atomic mass is 10.1. The summed E-state index contributed by atoms with van der Waals surface area (Å²) in [5.41, 5.74) is 12.5. The van der Waals surface area contributed by atoms with Gasteiger partial charge >= 0.3 is 0 Å². The molecule has 1 saturated heterocycles. The minimum atomic E-state index is -0.0488. The molecule has 1 aliphatic rings. The molecule has 2 aromatic rings. The Hall–Kier alpha value is -2.33. The van der Waals surface area contributed by atoms with Gasteiger partial charge in [0.15, 0.2) is 0 Å². The van der Waals surface area contributed by atoms with Crippen molar-refractivity contribution in [1.82, 2.24) is 9.88 Å². The predicted molar refractivity (Wildman–Crippen MR) is 82.9 cm³/mol. The number of likely N-dealkylation sites (tertiary alicyclic amines) is 1. The van der Waals surface area contributed by atoms with E-state index in [1.165, 1.54) is 11.3 Å². The fourth-order valence-corrected chi connectivity index (χ4v) is 3.60. The summed E-state index contributed by atoms with van der Waals surface area (Å²) in [5.74, 6) is 0.121. The number of nitrogens with two attached hydrogens (primary N) is 2. The lowest BCUT2D eigenvalue weighted by molar-refractivity contribution is 0.0730. The topological polar surface area (TPSA) is 109 Å². The molecule has 0 atom stereocenters. The molecule has 0 aromatic carbocycles. The quantitative estimate of drug-likeness (QED) is 0.836. The molecule has 3 heterocycles. The van der Waals surface area contributed by atoms with Crippen LogP contribution in [0, 0.1) is 11.3 Å². The minimum absolute atomic E-state index is 0.0488. The van der Waals surface area contributed by atoms with Crippen LogP contribution >= 0.6 is 11.3 Å². The van der Waals surface area contributed by atoms with Crippen LogP contribution < -0.4 is 11.5 Å². The van der Waals surface area contributed by atoms with E-state index in [1.807, 2.05) is 11.0 Å². The molecule has 1 aliphatic heterocycles. The average molecular weight is 301 g/mol. The number of amides is 1. The van der Waals surface area contributed by atoms with Crippen LogP contribution in [0.2, 0.25) is 0 Å². The Morgan fingerprint density at radius 1 is 1.33 bits per heavy atom. The molecule has 0 unspecified atom stereocenters. The maximum atomic E-state index is 12.6. The number of piperidine rings is 1. The van der Waals surface area contributed by atoms with E-state index in [0.717, 1.165) is 32.4 Å². The van der Waals surface area contributed by atoms with Crippen LogP contribution in [-0.4, -0.2) is 28.9 Å². The normalized spacial score (nSPS) is 15.1. The van der Waals surface area contributed by atoms with E-state index in [1.54, 1.807) is 6.07 Å². The van der Waals surface area contributed by atoms with Crippen molar-refractivity contribution < 1.29 is 4.79 Å². The van der Waals surface area contributed by atoms with Gasteiger partial charge in [0.05, 0.1) is 11.3 Å². The minimum Gasteiger partial charge on any atom is -0.397 e. The van der Waals surface area contributed by atoms with Crippen molar-refractivity contribution >= 4 is 39.0 Å². The summed E-state index contributed by atoms with van der Waals surface area (Å²) in [7, 11) is 0. The summed E-state index contributed by atoms with van der Waals surface area (Å²) in [6.07, 6.45) is 3.22. The van der Waals surface area contributed by atoms with Gasteiger partial charge in [0.1, 0.15) is 21.6 Å². The number of anilines is 2. The number of rotatable bonds is 1. The summed E-state index contributed by atoms with van der Waals surface area (Å²) in [6, 6.07) is 3.59. The smallest absolute Gasteiger partial charge is 0.266 e. The Labute approximate surface area is 126 Å². The highest BCUT2D eigenvalue weighted by Gasteiger charge is 2.24. The Morgan fingerprint density at radius 2 is 2.05 bits per heavy atom. The van der Waals surface area contributed by atoms with E-state index in [0.29, 0.717) is 20.8 Å². The molecular weight excluding hydrogens is 286 g/mol. The third-order valence-electron chi connectivity index (χ3n) is 3.71. The molecule has 21 heavy (non-hydrogen) atoms. The van der Waals surface area contributed by atoms with Gasteiger partial charge in [-0.25, -0.2) is 4.98 Å². The molecule has 0 aliphatic carbocycles. The zero-order valence-electron chi connectivity index (χ0n) is 11.4. The van der Waals surface area contributed by atoms with Crippen LogP contribution in [0.15, 0.2) is 6.07 Å². The summed E-state index contributed by atoms with van der Waals surface area (Å²) < 4.78 is 0. The Morgan fingerprint density at radius 3 is 2.71 bits per heavy atom. The van der Waals surface area contributed by atoms with Crippen molar-refractivity contribution in [3.8, 4) is 6.07 Å². The molecule has 108 valence electrons. The molecule has 3 rings (SSSR count). The second kappa shape index (κ2) is 5.22. The van der Waals surface area contributed by atoms with E-state index < -0.39 is 0 Å². The second-order valence-corrected chi connectivity index (χ2v) is 6.08. The van der Waals surface area contributed by atoms with Gasteiger partial charge in [-0.1, -0.05) is 0 Å². The first kappa shape index (κ1) is 13.6. The molecular formula is C14H15N5OS. The maximum absolute atomic E-state index is 12.6. The van der Waals surface area contributed by atoms with Gasteiger partial charge in [-0.15, -0.1) is 11.3 Å². The highest BCUT2D eigenvalue weighted by Crippen LogP contribution is 2.35. The number of carbonyl (C=O) groups is 1. The molecule has 2 aromatic heterocycles. The molecule has 6 nitrogen and oxygen atoms in total. The van der Waals surface area contributed by atoms with Crippen LogP contribution in [0.3, 0.4) is 0 Å². The number of carbonyl (C=O) groups excluding carboxylic acids is 1. The summed E-state index contributed by atoms with van der Waals surface area (Å²) >= 11 is 1.24. The Kier molecular flexibility index (Phi) is 3.39. The van der Waals surface area contributed by atoms with Crippen LogP contribution in [0.5, 0.6) is 0 Å². The number of hydrogen-bond donors (Lipinski definition) is 2. The molecule has 7 heteroatoms. The van der Waals surface area contributed by atoms with Gasteiger partial charge in [0, 0.05) is 18.5 Å². The highest BCUT2D eigenvalue weighted by atomic mass is 32.1. The van der Waals surface area contributed by atoms with Gasteiger partial charge in [0.2, 0.25) is 0 Å². The van der Waals surface area contributed by atoms with E-state index in [9.17, 15) is 4.79 Å². The monoisotopic (exact) mass is 301 g/mol. The van der Waals surface area contributed by atoms with Gasteiger partial charge in [-0.05, 0) is 25.3 Å². The standard InChI is InChI=1S/C14H15N5OS/c15-7-8-6-9-10(16)11(21-13(9)18-12(8)17)14(20)19-4-2-1-3-5-19/h6H,1-5,16H2,(H2,17,18). The lowest BCUT2D eigenvalue weighted by Gasteiger charge is -2.26. The van der Waals surface area contributed by atoms with Crippen molar-refractivity contribution in [1.29, 1.82) is 5.26 Å². The van der Waals surface area contributed by atoms with E-state index in [4.69, 9.17) is 16.7 Å². The van der Waals surface area contributed by atoms with E-state index in [2.05, 4.69) is 4.98 Å². The zero-order valence-corrected chi connectivity index (χ0v) is 12.2. The fraction of sp³-hybridized carbons (Fsp3) is 0.357. The van der Waals surface area contributed by atoms with Crippen LogP contribution in [0.4, 0.5) is 11.5 Å². The third kappa shape index (κ3) is 2.28. The SMILES string of the molecule is N#Cc1cc2c(N)c(C(=O)N3CCCCC3)sc2nc1N. The van der Waals surface area contributed by atoms with Crippen LogP contribution in [-0.2, 0) is 0 Å². The first-order valence-electron chi connectivity index (χ1n) is 6.79. The third-order valence-corrected chi connectivity index (χ3v) is 4.81. The second-order valence-electron chi connectivity index (χ2n) is 5.08. The molecule has 1 amide bonds. The van der Waals surface area contributed by atoms with E-state index >= 15 is 0 Å². The van der Waals surface area contributed by atoms with Gasteiger partial charge in [-0.3, -0.25) is 4.79 Å². The van der Waals surface area contributed by atoms with Crippen molar-refractivity contribution in [2.24, 2.45) is 0 Å². The molecule has 0 saturated carbocycles. The molecule has 1 fully saturated rings. The highest BCUT2D eigenvalue weighted by molar-refractivity contribution is 7.21. The number of fused-ring (bicyclic) bond motifs is 1. The van der Waals surface area contributed by atoms with Gasteiger partial charge < -0.3 is 16.4 Å². The number of nitriles is 1. The number of hydrogen-bond acceptors (Lipinski definition) is 6. The van der Waals surface area contributed by atoms with Crippen LogP contribution in [0.25, 0.3) is 10.2 Å². The molecule has 4 N–H and O–H groups in total. The number of pyridine rings is 1. The lowest BCUT2D eigenvalue weighted by Crippen LogP contribution is -2.35. The number of nitrogens with zero attached hydrogens (tertiary/aromatic N) is 3. The Balaban J connectivity index is 2.05. The first-order chi connectivity index (χ1) is 10.1. The van der Waals surface area contributed by atoms with Crippen molar-refractivity contribution in [3.63, 3.8) is 0 Å². The van der Waals surface area contributed by atoms with Crippen molar-refractivity contribution in [3.05, 3.63) is 16.5 Å². The van der Waals surface area contributed by atoms with Crippen molar-refractivity contribution in [2.45, 2.75) is 19.3 Å². The van der Waals surface area contributed by atoms with Crippen molar-refractivity contribution in [2.75, 3.05) is 24.6 Å². The molecule has 0 bridgehead atoms.